The standard InChI is InChI=1S/C9H9N3O/c10-8-5-12(13)9(11)7-4-2-1-3-6(7)8/h1-5H,10-11H2. The van der Waals surface area contributed by atoms with Gasteiger partial charge in [0.05, 0.1) is 11.1 Å². The Morgan fingerprint density at radius 2 is 1.69 bits per heavy atom. The molecule has 0 saturated heterocycles. The second kappa shape index (κ2) is 2.52. The number of hydrogen-bond donors (Lipinski definition) is 2. The summed E-state index contributed by atoms with van der Waals surface area (Å²) in [6, 6.07) is 7.28. The van der Waals surface area contributed by atoms with Crippen LogP contribution in [0.2, 0.25) is 0 Å². The summed E-state index contributed by atoms with van der Waals surface area (Å²) in [4.78, 5) is 0. The maximum absolute atomic E-state index is 11.2. The third-order valence-corrected chi connectivity index (χ3v) is 2.01. The zero-order valence-corrected chi connectivity index (χ0v) is 6.90. The average molecular weight is 175 g/mol. The number of rotatable bonds is 0. The van der Waals surface area contributed by atoms with Crippen molar-refractivity contribution in [1.29, 1.82) is 0 Å². The van der Waals surface area contributed by atoms with Gasteiger partial charge in [0.25, 0.3) is 5.82 Å². The molecule has 0 radical (unpaired) electrons. The Labute approximate surface area is 75.0 Å². The van der Waals surface area contributed by atoms with Crippen LogP contribution in [-0.2, 0) is 0 Å². The van der Waals surface area contributed by atoms with Gasteiger partial charge in [-0.25, -0.2) is 4.73 Å². The number of hydrogen-bond acceptors (Lipinski definition) is 3. The highest BCUT2D eigenvalue weighted by Crippen LogP contribution is 2.22. The lowest BCUT2D eigenvalue weighted by Crippen LogP contribution is -2.30. The summed E-state index contributed by atoms with van der Waals surface area (Å²) in [5, 5.41) is 12.7. The van der Waals surface area contributed by atoms with Gasteiger partial charge in [-0.05, 0) is 6.07 Å². The van der Waals surface area contributed by atoms with Crippen LogP contribution in [0.4, 0.5) is 11.5 Å². The molecule has 0 unspecified atom stereocenters. The molecule has 2 aromatic rings. The van der Waals surface area contributed by atoms with Gasteiger partial charge in [0.2, 0.25) is 0 Å². The van der Waals surface area contributed by atoms with Gasteiger partial charge in [-0.15, -0.1) is 0 Å². The summed E-state index contributed by atoms with van der Waals surface area (Å²) < 4.78 is 0.581. The first-order valence-corrected chi connectivity index (χ1v) is 3.86. The molecule has 1 heterocycles. The molecule has 1 aromatic heterocycles. The second-order valence-electron chi connectivity index (χ2n) is 2.84. The van der Waals surface area contributed by atoms with Crippen LogP contribution < -0.4 is 16.2 Å². The van der Waals surface area contributed by atoms with Crippen LogP contribution in [0.15, 0.2) is 30.5 Å². The Morgan fingerprint density at radius 1 is 1.08 bits per heavy atom. The van der Waals surface area contributed by atoms with Crippen LogP contribution in [0.1, 0.15) is 0 Å². The predicted octanol–water partition coefficient (Wildman–Crippen LogP) is 0.638. The molecule has 0 fully saturated rings. The molecule has 0 spiro atoms. The SMILES string of the molecule is Nc1c[n+]([O-])c(N)c2ccccc12. The van der Waals surface area contributed by atoms with E-state index in [1.807, 2.05) is 18.2 Å². The molecule has 2 rings (SSSR count). The third kappa shape index (κ3) is 1.03. The van der Waals surface area contributed by atoms with E-state index in [0.717, 1.165) is 5.39 Å². The first-order valence-electron chi connectivity index (χ1n) is 3.86. The molecule has 0 saturated carbocycles. The van der Waals surface area contributed by atoms with E-state index in [2.05, 4.69) is 0 Å². The van der Waals surface area contributed by atoms with Crippen LogP contribution in [0.5, 0.6) is 0 Å². The fraction of sp³-hybridized carbons (Fsp3) is 0. The summed E-state index contributed by atoms with van der Waals surface area (Å²) in [6.45, 7) is 0. The highest BCUT2D eigenvalue weighted by atomic mass is 16.5. The second-order valence-corrected chi connectivity index (χ2v) is 2.84. The summed E-state index contributed by atoms with van der Waals surface area (Å²) in [5.74, 6) is 0.185. The lowest BCUT2D eigenvalue weighted by molar-refractivity contribution is -0.587. The van der Waals surface area contributed by atoms with Gasteiger partial charge in [-0.2, -0.15) is 0 Å². The number of nitrogen functional groups attached to an aromatic ring is 2. The number of benzene rings is 1. The van der Waals surface area contributed by atoms with Gasteiger partial charge in [-0.1, -0.05) is 18.2 Å². The van der Waals surface area contributed by atoms with E-state index in [1.165, 1.54) is 6.20 Å². The molecule has 0 aliphatic rings. The molecule has 4 N–H and O–H groups in total. The molecule has 1 aromatic carbocycles. The number of nitrogens with zero attached hydrogens (tertiary/aromatic N) is 1. The summed E-state index contributed by atoms with van der Waals surface area (Å²) in [5.41, 5.74) is 11.7. The molecular formula is C9H9N3O. The number of fused-ring (bicyclic) bond motifs is 1. The Hall–Kier alpha value is -1.97. The zero-order valence-electron chi connectivity index (χ0n) is 6.90. The maximum Gasteiger partial charge on any atom is 0.283 e. The quantitative estimate of drug-likeness (QED) is 0.455. The van der Waals surface area contributed by atoms with Gasteiger partial charge in [-0.3, -0.25) is 5.73 Å². The molecule has 0 aliphatic carbocycles. The van der Waals surface area contributed by atoms with E-state index in [0.29, 0.717) is 15.8 Å². The first kappa shape index (κ1) is 7.67. The van der Waals surface area contributed by atoms with Crippen molar-refractivity contribution in [2.24, 2.45) is 0 Å². The van der Waals surface area contributed by atoms with Crippen molar-refractivity contribution in [2.75, 3.05) is 11.5 Å². The third-order valence-electron chi connectivity index (χ3n) is 2.01. The Kier molecular flexibility index (Phi) is 1.48. The van der Waals surface area contributed by atoms with E-state index >= 15 is 0 Å². The lowest BCUT2D eigenvalue weighted by Gasteiger charge is -2.08. The van der Waals surface area contributed by atoms with Crippen molar-refractivity contribution in [1.82, 2.24) is 0 Å². The summed E-state index contributed by atoms with van der Waals surface area (Å²) in [7, 11) is 0. The number of pyridine rings is 1. The first-order chi connectivity index (χ1) is 6.20. The number of anilines is 2. The summed E-state index contributed by atoms with van der Waals surface area (Å²) >= 11 is 0. The van der Waals surface area contributed by atoms with Gasteiger partial charge in [0, 0.05) is 5.39 Å². The van der Waals surface area contributed by atoms with Crippen molar-refractivity contribution >= 4 is 22.3 Å². The summed E-state index contributed by atoms with van der Waals surface area (Å²) in [6.07, 6.45) is 1.28. The van der Waals surface area contributed by atoms with Crippen LogP contribution in [0, 0.1) is 5.21 Å². The van der Waals surface area contributed by atoms with E-state index in [1.54, 1.807) is 6.07 Å². The highest BCUT2D eigenvalue weighted by Gasteiger charge is 2.07. The number of aromatic nitrogens is 1. The van der Waals surface area contributed by atoms with Gasteiger partial charge in [0.15, 0.2) is 0 Å². The topological polar surface area (TPSA) is 79.0 Å². The van der Waals surface area contributed by atoms with E-state index < -0.39 is 0 Å². The largest absolute Gasteiger partial charge is 0.711 e. The van der Waals surface area contributed by atoms with Crippen molar-refractivity contribution < 1.29 is 4.73 Å². The molecule has 0 bridgehead atoms. The van der Waals surface area contributed by atoms with Gasteiger partial charge >= 0.3 is 0 Å². The van der Waals surface area contributed by atoms with Crippen LogP contribution >= 0.6 is 0 Å². The molecule has 66 valence electrons. The number of nitrogens with two attached hydrogens (primary N) is 2. The maximum atomic E-state index is 11.2. The minimum Gasteiger partial charge on any atom is -0.711 e. The zero-order chi connectivity index (χ0) is 9.42. The van der Waals surface area contributed by atoms with Crippen LogP contribution in [0.25, 0.3) is 10.8 Å². The van der Waals surface area contributed by atoms with Crippen molar-refractivity contribution in [3.8, 4) is 0 Å². The molecule has 0 atom stereocenters. The monoisotopic (exact) mass is 175 g/mol. The van der Waals surface area contributed by atoms with Crippen LogP contribution in [0.3, 0.4) is 0 Å². The van der Waals surface area contributed by atoms with Gasteiger partial charge in [0.1, 0.15) is 6.20 Å². The van der Waals surface area contributed by atoms with E-state index in [-0.39, 0.29) is 5.82 Å². The Morgan fingerprint density at radius 3 is 2.38 bits per heavy atom. The Bertz CT molecular complexity index is 468. The minimum atomic E-state index is 0.185. The van der Waals surface area contributed by atoms with E-state index in [4.69, 9.17) is 11.5 Å². The Balaban J connectivity index is 2.97. The molecule has 4 heteroatoms. The van der Waals surface area contributed by atoms with Crippen molar-refractivity contribution in [3.63, 3.8) is 0 Å². The van der Waals surface area contributed by atoms with Gasteiger partial charge < -0.3 is 10.9 Å². The van der Waals surface area contributed by atoms with Crippen molar-refractivity contribution in [3.05, 3.63) is 35.7 Å². The van der Waals surface area contributed by atoms with E-state index in [9.17, 15) is 5.21 Å². The molecule has 0 aliphatic heterocycles. The fourth-order valence-electron chi connectivity index (χ4n) is 1.34. The predicted molar refractivity (Wildman–Crippen MR) is 51.7 cm³/mol. The normalized spacial score (nSPS) is 10.5. The lowest BCUT2D eigenvalue weighted by atomic mass is 10.1. The molecular weight excluding hydrogens is 166 g/mol. The van der Waals surface area contributed by atoms with Crippen LogP contribution in [-0.4, -0.2) is 0 Å². The smallest absolute Gasteiger partial charge is 0.283 e. The molecule has 0 amide bonds. The average Bonchev–Trinajstić information content (AvgIpc) is 2.15. The molecule has 13 heavy (non-hydrogen) atoms. The fourth-order valence-corrected chi connectivity index (χ4v) is 1.34. The minimum absolute atomic E-state index is 0.185. The molecule has 4 nitrogen and oxygen atoms in total. The van der Waals surface area contributed by atoms with Crippen molar-refractivity contribution in [2.45, 2.75) is 0 Å². The highest BCUT2D eigenvalue weighted by molar-refractivity contribution is 5.96.